The van der Waals surface area contributed by atoms with Crippen molar-refractivity contribution >= 4 is 17.1 Å². The highest BCUT2D eigenvalue weighted by molar-refractivity contribution is 7.12. The van der Waals surface area contributed by atoms with Gasteiger partial charge in [0, 0.05) is 7.11 Å². The summed E-state index contributed by atoms with van der Waals surface area (Å²) >= 11 is 1.46. The van der Waals surface area contributed by atoms with Crippen LogP contribution in [0.5, 0.6) is 0 Å². The Hall–Kier alpha value is -0.670. The van der Waals surface area contributed by atoms with Gasteiger partial charge >= 0.3 is 0 Å². The number of carbonyl (C=O) groups is 1. The molecule has 1 heterocycles. The molecule has 0 saturated carbocycles. The van der Waals surface area contributed by atoms with Crippen LogP contribution >= 0.6 is 11.3 Å². The summed E-state index contributed by atoms with van der Waals surface area (Å²) in [5.74, 6) is 0.0926. The average Bonchev–Trinajstić information content (AvgIpc) is 2.58. The second-order valence-electron chi connectivity index (χ2n) is 2.47. The van der Waals surface area contributed by atoms with Gasteiger partial charge in [-0.1, -0.05) is 13.0 Å². The van der Waals surface area contributed by atoms with Crippen molar-refractivity contribution in [2.75, 3.05) is 7.11 Å². The van der Waals surface area contributed by atoms with E-state index >= 15 is 0 Å². The van der Waals surface area contributed by atoms with E-state index in [0.29, 0.717) is 0 Å². The fourth-order valence-corrected chi connectivity index (χ4v) is 1.75. The van der Waals surface area contributed by atoms with E-state index in [9.17, 15) is 4.79 Å². The molecule has 0 aliphatic rings. The van der Waals surface area contributed by atoms with Gasteiger partial charge in [0.05, 0.1) is 4.88 Å². The normalized spacial score (nSPS) is 12.8. The van der Waals surface area contributed by atoms with Crippen LogP contribution in [-0.2, 0) is 4.74 Å². The molecule has 2 nitrogen and oxygen atoms in total. The minimum atomic E-state index is -0.274. The summed E-state index contributed by atoms with van der Waals surface area (Å²) in [4.78, 5) is 12.3. The molecule has 0 spiro atoms. The molecule has 1 atom stereocenters. The zero-order chi connectivity index (χ0) is 8.97. The molecule has 0 aliphatic heterocycles. The molecule has 1 unspecified atom stereocenters. The van der Waals surface area contributed by atoms with Crippen molar-refractivity contribution in [1.82, 2.24) is 0 Å². The summed E-state index contributed by atoms with van der Waals surface area (Å²) < 4.78 is 5.04. The Labute approximate surface area is 76.2 Å². The van der Waals surface area contributed by atoms with E-state index in [1.165, 1.54) is 11.3 Å². The first-order chi connectivity index (χ1) is 5.79. The molecular weight excluding hydrogens is 172 g/mol. The Morgan fingerprint density at radius 3 is 2.92 bits per heavy atom. The molecule has 1 aromatic heterocycles. The lowest BCUT2D eigenvalue weighted by Crippen LogP contribution is -2.20. The van der Waals surface area contributed by atoms with Crippen LogP contribution in [0.15, 0.2) is 17.5 Å². The Bertz CT molecular complexity index is 237. The molecule has 1 aromatic rings. The number of methoxy groups -OCH3 is 1. The maximum absolute atomic E-state index is 11.6. The number of rotatable bonds is 4. The summed E-state index contributed by atoms with van der Waals surface area (Å²) in [5, 5.41) is 1.90. The van der Waals surface area contributed by atoms with Crippen molar-refractivity contribution in [3.63, 3.8) is 0 Å². The van der Waals surface area contributed by atoms with Crippen LogP contribution in [0.3, 0.4) is 0 Å². The minimum Gasteiger partial charge on any atom is -0.373 e. The first kappa shape index (κ1) is 9.42. The van der Waals surface area contributed by atoms with Crippen LogP contribution in [-0.4, -0.2) is 19.0 Å². The van der Waals surface area contributed by atoms with E-state index in [-0.39, 0.29) is 11.9 Å². The van der Waals surface area contributed by atoms with Gasteiger partial charge in [-0.25, -0.2) is 0 Å². The Balaban J connectivity index is 2.70. The van der Waals surface area contributed by atoms with Gasteiger partial charge in [0.1, 0.15) is 6.10 Å². The second kappa shape index (κ2) is 4.38. The van der Waals surface area contributed by atoms with Crippen molar-refractivity contribution in [2.45, 2.75) is 19.4 Å². The highest BCUT2D eigenvalue weighted by Crippen LogP contribution is 2.13. The largest absolute Gasteiger partial charge is 0.373 e. The van der Waals surface area contributed by atoms with E-state index in [0.717, 1.165) is 11.3 Å². The molecule has 0 fully saturated rings. The molecule has 3 heteroatoms. The van der Waals surface area contributed by atoms with E-state index < -0.39 is 0 Å². The fourth-order valence-electron chi connectivity index (χ4n) is 1.04. The number of ether oxygens (including phenoxy) is 1. The maximum Gasteiger partial charge on any atom is 0.201 e. The average molecular weight is 184 g/mol. The smallest absolute Gasteiger partial charge is 0.201 e. The van der Waals surface area contributed by atoms with E-state index in [1.807, 2.05) is 24.4 Å². The second-order valence-corrected chi connectivity index (χ2v) is 3.42. The Kier molecular flexibility index (Phi) is 3.44. The molecule has 0 radical (unpaired) electrons. The first-order valence-electron chi connectivity index (χ1n) is 3.90. The summed E-state index contributed by atoms with van der Waals surface area (Å²) in [7, 11) is 1.57. The molecular formula is C9H12O2S. The number of hydrogen-bond donors (Lipinski definition) is 0. The first-order valence-corrected chi connectivity index (χ1v) is 4.78. The summed E-state index contributed by atoms with van der Waals surface area (Å²) in [5.41, 5.74) is 0. The van der Waals surface area contributed by atoms with E-state index in [4.69, 9.17) is 4.74 Å². The summed E-state index contributed by atoms with van der Waals surface area (Å²) in [6.45, 7) is 1.94. The molecule has 66 valence electrons. The maximum atomic E-state index is 11.6. The highest BCUT2D eigenvalue weighted by Gasteiger charge is 2.17. The third-order valence-electron chi connectivity index (χ3n) is 1.71. The van der Waals surface area contributed by atoms with Gasteiger partial charge in [0.25, 0.3) is 0 Å². The zero-order valence-electron chi connectivity index (χ0n) is 7.24. The van der Waals surface area contributed by atoms with Gasteiger partial charge in [-0.15, -0.1) is 11.3 Å². The van der Waals surface area contributed by atoms with Crippen LogP contribution in [0.1, 0.15) is 23.0 Å². The monoisotopic (exact) mass is 184 g/mol. The van der Waals surface area contributed by atoms with Crippen LogP contribution in [0.4, 0.5) is 0 Å². The lowest BCUT2D eigenvalue weighted by Gasteiger charge is -2.09. The summed E-state index contributed by atoms with van der Waals surface area (Å²) in [6, 6.07) is 3.70. The van der Waals surface area contributed by atoms with Crippen molar-refractivity contribution in [2.24, 2.45) is 0 Å². The zero-order valence-corrected chi connectivity index (χ0v) is 8.06. The van der Waals surface area contributed by atoms with Crippen molar-refractivity contribution < 1.29 is 9.53 Å². The third kappa shape index (κ3) is 1.93. The Morgan fingerprint density at radius 2 is 2.50 bits per heavy atom. The van der Waals surface area contributed by atoms with Gasteiger partial charge in [-0.2, -0.15) is 0 Å². The lowest BCUT2D eigenvalue weighted by molar-refractivity contribution is 0.0600. The molecule has 0 amide bonds. The van der Waals surface area contributed by atoms with Crippen molar-refractivity contribution in [1.29, 1.82) is 0 Å². The minimum absolute atomic E-state index is 0.0926. The molecule has 0 aliphatic carbocycles. The SMILES string of the molecule is CCC(OC)C(=O)c1cccs1. The molecule has 0 N–H and O–H groups in total. The number of ketones is 1. The van der Waals surface area contributed by atoms with Crippen LogP contribution in [0, 0.1) is 0 Å². The van der Waals surface area contributed by atoms with Crippen molar-refractivity contribution in [3.8, 4) is 0 Å². The van der Waals surface area contributed by atoms with Gasteiger partial charge in [0.15, 0.2) is 0 Å². The van der Waals surface area contributed by atoms with Gasteiger partial charge in [-0.05, 0) is 17.9 Å². The number of thiophene rings is 1. The highest BCUT2D eigenvalue weighted by atomic mass is 32.1. The lowest BCUT2D eigenvalue weighted by atomic mass is 10.1. The van der Waals surface area contributed by atoms with E-state index in [1.54, 1.807) is 7.11 Å². The van der Waals surface area contributed by atoms with Crippen LogP contribution in [0.2, 0.25) is 0 Å². The quantitative estimate of drug-likeness (QED) is 0.671. The number of Topliss-reactive ketones (excluding diaryl/α,β-unsaturated/α-hetero) is 1. The topological polar surface area (TPSA) is 26.3 Å². The molecule has 0 saturated heterocycles. The standard InChI is InChI=1S/C9H12O2S/c1-3-7(11-2)9(10)8-5-4-6-12-8/h4-7H,3H2,1-2H3. The molecule has 1 rings (SSSR count). The third-order valence-corrected chi connectivity index (χ3v) is 2.60. The van der Waals surface area contributed by atoms with Gasteiger partial charge in [0.2, 0.25) is 5.78 Å². The molecule has 12 heavy (non-hydrogen) atoms. The van der Waals surface area contributed by atoms with Crippen LogP contribution < -0.4 is 0 Å². The van der Waals surface area contributed by atoms with Crippen molar-refractivity contribution in [3.05, 3.63) is 22.4 Å². The van der Waals surface area contributed by atoms with Gasteiger partial charge < -0.3 is 4.74 Å². The number of carbonyl (C=O) groups excluding carboxylic acids is 1. The molecule has 0 aromatic carbocycles. The predicted molar refractivity (Wildman–Crippen MR) is 49.7 cm³/mol. The summed E-state index contributed by atoms with van der Waals surface area (Å²) in [6.07, 6.45) is 0.455. The van der Waals surface area contributed by atoms with Gasteiger partial charge in [-0.3, -0.25) is 4.79 Å². The number of hydrogen-bond acceptors (Lipinski definition) is 3. The van der Waals surface area contributed by atoms with E-state index in [2.05, 4.69) is 0 Å². The predicted octanol–water partition coefficient (Wildman–Crippen LogP) is 2.36. The Morgan fingerprint density at radius 1 is 1.75 bits per heavy atom. The fraction of sp³-hybridized carbons (Fsp3) is 0.444. The van der Waals surface area contributed by atoms with Crippen LogP contribution in [0.25, 0.3) is 0 Å². The molecule has 0 bridgehead atoms.